The topological polar surface area (TPSA) is 78.8 Å². The Bertz CT molecular complexity index is 965. The first-order valence-electron chi connectivity index (χ1n) is 10.3. The van der Waals surface area contributed by atoms with E-state index in [0.29, 0.717) is 38.3 Å². The van der Waals surface area contributed by atoms with E-state index in [1.54, 1.807) is 6.92 Å². The molecule has 1 aromatic heterocycles. The highest BCUT2D eigenvalue weighted by Crippen LogP contribution is 2.37. The number of aliphatic hydroxyl groups is 1. The lowest BCUT2D eigenvalue weighted by atomic mass is 9.96. The van der Waals surface area contributed by atoms with Crippen LogP contribution in [0.25, 0.3) is 11.0 Å². The van der Waals surface area contributed by atoms with Crippen molar-refractivity contribution in [3.63, 3.8) is 0 Å². The molecule has 4 rings (SSSR count). The molecule has 2 aromatic rings. The fourth-order valence-electron chi connectivity index (χ4n) is 4.32. The first-order chi connectivity index (χ1) is 14.6. The Labute approximate surface area is 177 Å². The van der Waals surface area contributed by atoms with Gasteiger partial charge in [-0.1, -0.05) is 6.92 Å². The fraction of sp³-hybridized carbons (Fsp3) is 0.571. The lowest BCUT2D eigenvalue weighted by Gasteiger charge is -2.41. The average Bonchev–Trinajstić information content (AvgIpc) is 2.68. The molecule has 1 unspecified atom stereocenters. The van der Waals surface area contributed by atoms with Crippen LogP contribution >= 0.6 is 0 Å². The third kappa shape index (κ3) is 4.45. The first-order valence-corrected chi connectivity index (χ1v) is 10.3. The van der Waals surface area contributed by atoms with E-state index < -0.39 is 23.9 Å². The monoisotopic (exact) mass is 438 g/mol. The predicted octanol–water partition coefficient (Wildman–Crippen LogP) is 2.47. The third-order valence-corrected chi connectivity index (χ3v) is 5.93. The standard InChI is InChI=1S/C21H25F3N4O3/c1-12-7-15(31-20(30)13(2)27-9-14(29)10-27)11-28(8-12)17-4-3-16(21(22,23)24)18-19(17)26-6-5-25-18/h3-6,12-15,29H,7-11H2,1-2H3/t12-,13?,15+/m0/s1. The zero-order valence-corrected chi connectivity index (χ0v) is 17.3. The number of nitrogens with zero attached hydrogens (tertiary/aromatic N) is 4. The number of carbonyl (C=O) groups is 1. The van der Waals surface area contributed by atoms with Crippen molar-refractivity contribution in [3.8, 4) is 0 Å². The molecule has 3 atom stereocenters. The molecule has 0 radical (unpaired) electrons. The molecule has 3 heterocycles. The van der Waals surface area contributed by atoms with Crippen molar-refractivity contribution in [2.24, 2.45) is 5.92 Å². The molecule has 2 aliphatic rings. The zero-order chi connectivity index (χ0) is 22.3. The van der Waals surface area contributed by atoms with Crippen LogP contribution in [-0.2, 0) is 15.7 Å². The summed E-state index contributed by atoms with van der Waals surface area (Å²) in [7, 11) is 0. The second-order valence-corrected chi connectivity index (χ2v) is 8.47. The van der Waals surface area contributed by atoms with Crippen molar-refractivity contribution in [1.82, 2.24) is 14.9 Å². The van der Waals surface area contributed by atoms with Crippen molar-refractivity contribution >= 4 is 22.7 Å². The van der Waals surface area contributed by atoms with Crippen LogP contribution < -0.4 is 4.90 Å². The van der Waals surface area contributed by atoms with Gasteiger partial charge in [-0.3, -0.25) is 19.7 Å². The number of likely N-dealkylation sites (tertiary alicyclic amines) is 1. The molecule has 2 fully saturated rings. The average molecular weight is 438 g/mol. The number of piperidine rings is 1. The van der Waals surface area contributed by atoms with Crippen molar-refractivity contribution < 1.29 is 27.8 Å². The number of alkyl halides is 3. The molecule has 2 saturated heterocycles. The van der Waals surface area contributed by atoms with Gasteiger partial charge >= 0.3 is 12.1 Å². The normalized spacial score (nSPS) is 24.1. The van der Waals surface area contributed by atoms with Crippen LogP contribution in [0.3, 0.4) is 0 Å². The molecule has 0 amide bonds. The number of hydrogen-bond acceptors (Lipinski definition) is 7. The number of hydrogen-bond donors (Lipinski definition) is 1. The van der Waals surface area contributed by atoms with Gasteiger partial charge in [-0.05, 0) is 31.4 Å². The number of β-amino-alcohol motifs (C(OH)–C–C–N with tert-alkyl or cyclic N) is 1. The summed E-state index contributed by atoms with van der Waals surface area (Å²) >= 11 is 0. The number of halogens is 3. The number of anilines is 1. The fourth-order valence-corrected chi connectivity index (χ4v) is 4.32. The molecule has 168 valence electrons. The van der Waals surface area contributed by atoms with Crippen LogP contribution in [0.2, 0.25) is 0 Å². The van der Waals surface area contributed by atoms with Crippen molar-refractivity contribution in [3.05, 3.63) is 30.1 Å². The van der Waals surface area contributed by atoms with Crippen molar-refractivity contribution in [2.45, 2.75) is 44.7 Å². The van der Waals surface area contributed by atoms with Crippen LogP contribution in [-0.4, -0.2) is 70.4 Å². The molecular weight excluding hydrogens is 413 g/mol. The van der Waals surface area contributed by atoms with Crippen molar-refractivity contribution in [2.75, 3.05) is 31.1 Å². The Kier molecular flexibility index (Phi) is 5.78. The molecular formula is C21H25F3N4O3. The van der Waals surface area contributed by atoms with Gasteiger partial charge in [-0.25, -0.2) is 0 Å². The molecule has 1 N–H and O–H groups in total. The summed E-state index contributed by atoms with van der Waals surface area (Å²) in [4.78, 5) is 24.4. The molecule has 0 aliphatic carbocycles. The largest absolute Gasteiger partial charge is 0.459 e. The Morgan fingerprint density at radius 3 is 2.48 bits per heavy atom. The highest BCUT2D eigenvalue weighted by Gasteiger charge is 2.37. The summed E-state index contributed by atoms with van der Waals surface area (Å²) in [5.74, 6) is -0.190. The number of rotatable bonds is 4. The Morgan fingerprint density at radius 1 is 1.16 bits per heavy atom. The smallest absolute Gasteiger partial charge is 0.418 e. The highest BCUT2D eigenvalue weighted by molar-refractivity contribution is 5.90. The summed E-state index contributed by atoms with van der Waals surface area (Å²) in [6.45, 7) is 5.62. The van der Waals surface area contributed by atoms with Gasteiger partial charge in [0.15, 0.2) is 0 Å². The van der Waals surface area contributed by atoms with E-state index in [1.807, 2.05) is 16.7 Å². The van der Waals surface area contributed by atoms with Gasteiger partial charge in [0.05, 0.1) is 23.9 Å². The summed E-state index contributed by atoms with van der Waals surface area (Å²) in [5, 5.41) is 9.44. The van der Waals surface area contributed by atoms with Gasteiger partial charge < -0.3 is 14.7 Å². The van der Waals surface area contributed by atoms with Gasteiger partial charge in [0.2, 0.25) is 0 Å². The van der Waals surface area contributed by atoms with Crippen molar-refractivity contribution in [1.29, 1.82) is 0 Å². The van der Waals surface area contributed by atoms with Gasteiger partial charge in [0.1, 0.15) is 23.2 Å². The quantitative estimate of drug-likeness (QED) is 0.735. The maximum Gasteiger partial charge on any atom is 0.418 e. The number of fused-ring (bicyclic) bond motifs is 1. The number of aliphatic hydroxyl groups excluding tert-OH is 1. The van der Waals surface area contributed by atoms with Gasteiger partial charge in [0.25, 0.3) is 0 Å². The number of aromatic nitrogens is 2. The van der Waals surface area contributed by atoms with Gasteiger partial charge in [0, 0.05) is 32.0 Å². The van der Waals surface area contributed by atoms with Crippen LogP contribution in [0.1, 0.15) is 25.8 Å². The Hall–Kier alpha value is -2.46. The van der Waals surface area contributed by atoms with Crippen LogP contribution in [0.5, 0.6) is 0 Å². The van der Waals surface area contributed by atoms with E-state index in [2.05, 4.69) is 9.97 Å². The van der Waals surface area contributed by atoms with E-state index >= 15 is 0 Å². The molecule has 0 saturated carbocycles. The second kappa shape index (κ2) is 8.23. The van der Waals surface area contributed by atoms with E-state index in [4.69, 9.17) is 4.74 Å². The Morgan fingerprint density at radius 2 is 1.84 bits per heavy atom. The summed E-state index contributed by atoms with van der Waals surface area (Å²) in [6.07, 6.45) is -2.03. The number of benzene rings is 1. The zero-order valence-electron chi connectivity index (χ0n) is 17.3. The molecule has 7 nitrogen and oxygen atoms in total. The Balaban J connectivity index is 1.55. The van der Waals surface area contributed by atoms with E-state index in [0.717, 1.165) is 6.07 Å². The molecule has 0 bridgehead atoms. The molecule has 10 heteroatoms. The molecule has 31 heavy (non-hydrogen) atoms. The maximum atomic E-state index is 13.4. The number of ether oxygens (including phenoxy) is 1. The van der Waals surface area contributed by atoms with Crippen LogP contribution in [0.15, 0.2) is 24.5 Å². The maximum absolute atomic E-state index is 13.4. The van der Waals surface area contributed by atoms with Crippen LogP contribution in [0.4, 0.5) is 18.9 Å². The van der Waals surface area contributed by atoms with Crippen LogP contribution in [0, 0.1) is 5.92 Å². The molecule has 2 aliphatic heterocycles. The SMILES string of the molecule is CC(C(=O)O[C@@H]1C[C@H](C)CN(c2ccc(C(F)(F)F)c3nccnc23)C1)N1CC(O)C1. The summed E-state index contributed by atoms with van der Waals surface area (Å²) < 4.78 is 45.9. The van der Waals surface area contributed by atoms with Gasteiger partial charge in [-0.2, -0.15) is 13.2 Å². The lowest BCUT2D eigenvalue weighted by Crippen LogP contribution is -2.57. The highest BCUT2D eigenvalue weighted by atomic mass is 19.4. The molecule has 0 spiro atoms. The van der Waals surface area contributed by atoms with E-state index in [9.17, 15) is 23.1 Å². The minimum absolute atomic E-state index is 0.168. The number of carbonyl (C=O) groups excluding carboxylic acids is 1. The van der Waals surface area contributed by atoms with E-state index in [1.165, 1.54) is 18.5 Å². The van der Waals surface area contributed by atoms with E-state index in [-0.39, 0.29) is 29.0 Å². The minimum atomic E-state index is -4.53. The first kappa shape index (κ1) is 21.8. The molecule has 1 aromatic carbocycles. The van der Waals surface area contributed by atoms with Gasteiger partial charge in [-0.15, -0.1) is 0 Å². The second-order valence-electron chi connectivity index (χ2n) is 8.47. The minimum Gasteiger partial charge on any atom is -0.459 e. The predicted molar refractivity (Wildman–Crippen MR) is 107 cm³/mol. The third-order valence-electron chi connectivity index (χ3n) is 5.93. The lowest BCUT2D eigenvalue weighted by molar-refractivity contribution is -0.160. The summed E-state index contributed by atoms with van der Waals surface area (Å²) in [5.41, 5.74) is -0.288. The summed E-state index contributed by atoms with van der Waals surface area (Å²) in [6, 6.07) is 2.00. The number of esters is 1.